The van der Waals surface area contributed by atoms with E-state index in [0.29, 0.717) is 36.8 Å². The van der Waals surface area contributed by atoms with Crippen molar-refractivity contribution in [3.8, 4) is 0 Å². The van der Waals surface area contributed by atoms with Crippen LogP contribution >= 0.6 is 23.4 Å². The van der Waals surface area contributed by atoms with Crippen molar-refractivity contribution >= 4 is 46.8 Å². The number of carbonyl (C=O) groups is 3. The third-order valence-corrected chi connectivity index (χ3v) is 10.9. The molecule has 3 amide bonds. The number of anilines is 1. The Balaban J connectivity index is 1.43. The van der Waals surface area contributed by atoms with Crippen LogP contribution in [0.25, 0.3) is 0 Å². The lowest BCUT2D eigenvalue weighted by Gasteiger charge is -2.39. The summed E-state index contributed by atoms with van der Waals surface area (Å²) in [5.41, 5.74) is 1.71. The van der Waals surface area contributed by atoms with Crippen LogP contribution in [-0.2, 0) is 20.9 Å². The van der Waals surface area contributed by atoms with Gasteiger partial charge in [-0.3, -0.25) is 14.4 Å². The van der Waals surface area contributed by atoms with Gasteiger partial charge in [-0.15, -0.1) is 11.8 Å². The average molecular weight is 606 g/mol. The van der Waals surface area contributed by atoms with E-state index in [1.165, 1.54) is 0 Å². The highest BCUT2D eigenvalue weighted by atomic mass is 35.5. The summed E-state index contributed by atoms with van der Waals surface area (Å²) in [6, 6.07) is 15.6. The standard InChI is InChI=1S/C33H36ClN3O4S/c1-21(2)18-25(20-38)37-29-32(41)36(24-13-11-23(34)12-14-24)17-7-15-33(29)28(31(37)40)27-26(42-33)10-6-16-35(30(27)39)19-22-8-4-3-5-9-22/h3-15,21,25-29,38H,16-20H2,1-2H3/t25-,26+,27-,28+,29?,33+/m1/s1. The van der Waals surface area contributed by atoms with Gasteiger partial charge in [-0.25, -0.2) is 0 Å². The summed E-state index contributed by atoms with van der Waals surface area (Å²) in [7, 11) is 0. The van der Waals surface area contributed by atoms with Crippen molar-refractivity contribution in [3.05, 3.63) is 89.5 Å². The van der Waals surface area contributed by atoms with Gasteiger partial charge in [0.05, 0.1) is 29.2 Å². The van der Waals surface area contributed by atoms with E-state index < -0.39 is 28.7 Å². The number of aliphatic hydroxyl groups excluding tert-OH is 1. The number of hydrogen-bond donors (Lipinski definition) is 1. The second-order valence-corrected chi connectivity index (χ2v) is 13.9. The number of rotatable bonds is 7. The first-order valence-electron chi connectivity index (χ1n) is 14.6. The molecule has 6 atom stereocenters. The van der Waals surface area contributed by atoms with E-state index >= 15 is 0 Å². The third kappa shape index (κ3) is 4.87. The number of halogens is 1. The predicted molar refractivity (Wildman–Crippen MR) is 166 cm³/mol. The molecule has 2 aromatic carbocycles. The molecule has 4 aliphatic heterocycles. The highest BCUT2D eigenvalue weighted by Gasteiger charge is 2.71. The van der Waals surface area contributed by atoms with Crippen LogP contribution in [0.15, 0.2) is 78.9 Å². The Morgan fingerprint density at radius 3 is 2.40 bits per heavy atom. The van der Waals surface area contributed by atoms with Gasteiger partial charge < -0.3 is 19.8 Å². The summed E-state index contributed by atoms with van der Waals surface area (Å²) in [4.78, 5) is 48.7. The monoisotopic (exact) mass is 605 g/mol. The van der Waals surface area contributed by atoms with Crippen LogP contribution < -0.4 is 4.90 Å². The molecule has 4 aliphatic rings. The maximum absolute atomic E-state index is 14.6. The zero-order chi connectivity index (χ0) is 29.6. The number of aliphatic hydroxyl groups is 1. The second kappa shape index (κ2) is 11.5. The van der Waals surface area contributed by atoms with Gasteiger partial charge >= 0.3 is 0 Å². The molecule has 7 nitrogen and oxygen atoms in total. The van der Waals surface area contributed by atoms with E-state index in [0.717, 1.165) is 5.56 Å². The van der Waals surface area contributed by atoms with Crippen molar-refractivity contribution < 1.29 is 19.5 Å². The molecule has 0 radical (unpaired) electrons. The number of likely N-dealkylation sites (tertiary alicyclic amines) is 1. The number of carbonyl (C=O) groups excluding carboxylic acids is 3. The Kier molecular flexibility index (Phi) is 7.98. The summed E-state index contributed by atoms with van der Waals surface area (Å²) in [5, 5.41) is 10.9. The van der Waals surface area contributed by atoms with Crippen molar-refractivity contribution in [2.24, 2.45) is 17.8 Å². The summed E-state index contributed by atoms with van der Waals surface area (Å²) in [6.45, 7) is 5.08. The quantitative estimate of drug-likeness (QED) is 0.469. The topological polar surface area (TPSA) is 81.2 Å². The molecule has 1 N–H and O–H groups in total. The molecule has 2 fully saturated rings. The van der Waals surface area contributed by atoms with Gasteiger partial charge in [-0.1, -0.05) is 80.1 Å². The predicted octanol–water partition coefficient (Wildman–Crippen LogP) is 4.55. The van der Waals surface area contributed by atoms with Crippen molar-refractivity contribution in [1.29, 1.82) is 0 Å². The van der Waals surface area contributed by atoms with Crippen molar-refractivity contribution in [2.45, 2.75) is 48.9 Å². The van der Waals surface area contributed by atoms with Crippen LogP contribution in [0.4, 0.5) is 5.69 Å². The van der Waals surface area contributed by atoms with Crippen LogP contribution in [0.2, 0.25) is 5.02 Å². The second-order valence-electron chi connectivity index (χ2n) is 12.0. The average Bonchev–Trinajstić information content (AvgIpc) is 3.30. The number of fused-ring (bicyclic) bond motifs is 2. The first-order chi connectivity index (χ1) is 20.2. The fourth-order valence-corrected chi connectivity index (χ4v) is 9.26. The Morgan fingerprint density at radius 2 is 1.71 bits per heavy atom. The minimum atomic E-state index is -0.940. The number of benzene rings is 2. The molecule has 6 rings (SSSR count). The van der Waals surface area contributed by atoms with E-state index in [9.17, 15) is 19.5 Å². The van der Waals surface area contributed by atoms with Crippen molar-refractivity contribution in [3.63, 3.8) is 0 Å². The van der Waals surface area contributed by atoms with E-state index in [2.05, 4.69) is 6.08 Å². The number of hydrogen-bond acceptors (Lipinski definition) is 5. The van der Waals surface area contributed by atoms with Gasteiger partial charge in [-0.05, 0) is 42.2 Å². The maximum atomic E-state index is 14.6. The Morgan fingerprint density at radius 1 is 0.976 bits per heavy atom. The van der Waals surface area contributed by atoms with Crippen LogP contribution in [0.3, 0.4) is 0 Å². The number of nitrogens with zero attached hydrogens (tertiary/aromatic N) is 3. The minimum absolute atomic E-state index is 0.0683. The Bertz CT molecular complexity index is 1410. The molecule has 9 heteroatoms. The van der Waals surface area contributed by atoms with Gasteiger partial charge in [0.25, 0.3) is 5.91 Å². The van der Waals surface area contributed by atoms with Crippen LogP contribution in [0.1, 0.15) is 25.8 Å². The molecule has 1 unspecified atom stereocenters. The summed E-state index contributed by atoms with van der Waals surface area (Å²) in [6.07, 6.45) is 8.59. The van der Waals surface area contributed by atoms with Gasteiger partial charge in [0, 0.05) is 35.6 Å². The Labute approximate surface area is 256 Å². The lowest BCUT2D eigenvalue weighted by atomic mass is 9.78. The highest BCUT2D eigenvalue weighted by molar-refractivity contribution is 8.02. The van der Waals surface area contributed by atoms with Gasteiger partial charge in [-0.2, -0.15) is 0 Å². The highest BCUT2D eigenvalue weighted by Crippen LogP contribution is 2.61. The fraction of sp³-hybridized carbons (Fsp3) is 0.424. The van der Waals surface area contributed by atoms with E-state index in [4.69, 9.17) is 11.6 Å². The summed E-state index contributed by atoms with van der Waals surface area (Å²) < 4.78 is -0.940. The molecule has 42 heavy (non-hydrogen) atoms. The molecule has 0 bridgehead atoms. The van der Waals surface area contributed by atoms with E-state index in [1.807, 2.05) is 79.4 Å². The van der Waals surface area contributed by atoms with Crippen molar-refractivity contribution in [1.82, 2.24) is 9.80 Å². The molecular weight excluding hydrogens is 570 g/mol. The van der Waals surface area contributed by atoms with Crippen molar-refractivity contribution in [2.75, 3.05) is 24.6 Å². The van der Waals surface area contributed by atoms with Gasteiger partial charge in [0.15, 0.2) is 0 Å². The van der Waals surface area contributed by atoms with Crippen LogP contribution in [0.5, 0.6) is 0 Å². The normalized spacial score (nSPS) is 29.5. The molecule has 0 aliphatic carbocycles. The largest absolute Gasteiger partial charge is 0.394 e. The molecule has 0 saturated carbocycles. The molecule has 220 valence electrons. The summed E-state index contributed by atoms with van der Waals surface area (Å²) in [5.74, 6) is -1.64. The van der Waals surface area contributed by atoms with E-state index in [1.54, 1.807) is 33.7 Å². The number of thioether (sulfide) groups is 1. The van der Waals surface area contributed by atoms with Gasteiger partial charge in [0.1, 0.15) is 6.04 Å². The molecule has 2 saturated heterocycles. The SMILES string of the molecule is CC(C)C[C@H](CO)N1C(=O)[C@@H]2[C@@H]3C(=O)N(Cc4ccccc4)CC=C[C@@H]3S[C@@]23C=CCN(c2ccc(Cl)cc2)C(=O)C13. The molecule has 0 aromatic heterocycles. The Hall–Kier alpha value is -3.07. The van der Waals surface area contributed by atoms with Crippen LogP contribution in [-0.4, -0.2) is 74.4 Å². The zero-order valence-electron chi connectivity index (χ0n) is 23.8. The first kappa shape index (κ1) is 29.0. The fourth-order valence-electron chi connectivity index (χ4n) is 7.14. The molecule has 2 aromatic rings. The zero-order valence-corrected chi connectivity index (χ0v) is 25.4. The first-order valence-corrected chi connectivity index (χ1v) is 15.9. The van der Waals surface area contributed by atoms with E-state index in [-0.39, 0.29) is 35.5 Å². The third-order valence-electron chi connectivity index (χ3n) is 8.88. The smallest absolute Gasteiger partial charge is 0.251 e. The molecular formula is C33H36ClN3O4S. The van der Waals surface area contributed by atoms with Gasteiger partial charge in [0.2, 0.25) is 11.8 Å². The van der Waals surface area contributed by atoms with Crippen LogP contribution in [0, 0.1) is 17.8 Å². The minimum Gasteiger partial charge on any atom is -0.394 e. The summed E-state index contributed by atoms with van der Waals surface area (Å²) >= 11 is 7.71. The molecule has 4 heterocycles. The lowest BCUT2D eigenvalue weighted by molar-refractivity contribution is -0.145. The lowest BCUT2D eigenvalue weighted by Crippen LogP contribution is -2.57. The maximum Gasteiger partial charge on any atom is 0.251 e. The molecule has 1 spiro atoms. The number of amides is 3.